The molecule has 0 spiro atoms. The Morgan fingerprint density at radius 2 is 2.05 bits per heavy atom. The van der Waals surface area contributed by atoms with E-state index < -0.39 is 5.97 Å². The second-order valence-corrected chi connectivity index (χ2v) is 4.21. The van der Waals surface area contributed by atoms with Crippen LogP contribution in [-0.4, -0.2) is 39.5 Å². The van der Waals surface area contributed by atoms with Gasteiger partial charge in [0.2, 0.25) is 0 Å². The van der Waals surface area contributed by atoms with Crippen molar-refractivity contribution >= 4 is 23.3 Å². The molecule has 0 aliphatic heterocycles. The van der Waals surface area contributed by atoms with Gasteiger partial charge in [0.25, 0.3) is 0 Å². The van der Waals surface area contributed by atoms with Gasteiger partial charge in [-0.1, -0.05) is 17.7 Å². The lowest BCUT2D eigenvalue weighted by Crippen LogP contribution is -2.11. The van der Waals surface area contributed by atoms with Gasteiger partial charge >= 0.3 is 5.97 Å². The number of rotatable bonds is 8. The molecule has 1 aromatic rings. The summed E-state index contributed by atoms with van der Waals surface area (Å²) in [5.74, 6) is -0.514. The first-order chi connectivity index (χ1) is 9.16. The number of halogens is 1. The summed E-state index contributed by atoms with van der Waals surface area (Å²) in [6.45, 7) is 1.85. The van der Waals surface area contributed by atoms with E-state index >= 15 is 0 Å². The average molecular weight is 288 g/mol. The Morgan fingerprint density at radius 3 is 2.74 bits per heavy atom. The fourth-order valence-electron chi connectivity index (χ4n) is 1.40. The predicted octanol–water partition coefficient (Wildman–Crippen LogP) is 2.13. The van der Waals surface area contributed by atoms with Crippen molar-refractivity contribution < 1.29 is 19.0 Å². The minimum Gasteiger partial charge on any atom is -0.462 e. The lowest BCUT2D eigenvalue weighted by Gasteiger charge is -2.08. The van der Waals surface area contributed by atoms with Crippen molar-refractivity contribution in [3.8, 4) is 0 Å². The molecule has 0 aliphatic rings. The maximum absolute atomic E-state index is 11.8. The zero-order chi connectivity index (χ0) is 14.1. The van der Waals surface area contributed by atoms with Crippen molar-refractivity contribution in [1.29, 1.82) is 0 Å². The van der Waals surface area contributed by atoms with Crippen LogP contribution in [0.5, 0.6) is 0 Å². The van der Waals surface area contributed by atoms with Crippen LogP contribution in [0.4, 0.5) is 5.69 Å². The molecule has 1 aromatic carbocycles. The van der Waals surface area contributed by atoms with E-state index in [1.807, 2.05) is 0 Å². The monoisotopic (exact) mass is 287 g/mol. The van der Waals surface area contributed by atoms with E-state index in [1.165, 1.54) is 0 Å². The molecule has 0 aromatic heterocycles. The topological polar surface area (TPSA) is 70.8 Å². The van der Waals surface area contributed by atoms with E-state index in [1.54, 1.807) is 25.3 Å². The lowest BCUT2D eigenvalue weighted by molar-refractivity contribution is 0.0386. The van der Waals surface area contributed by atoms with Crippen molar-refractivity contribution in [2.24, 2.45) is 0 Å². The Morgan fingerprint density at radius 1 is 1.26 bits per heavy atom. The summed E-state index contributed by atoms with van der Waals surface area (Å²) in [5, 5.41) is 0.293. The quantitative estimate of drug-likeness (QED) is 0.450. The van der Waals surface area contributed by atoms with Crippen LogP contribution in [0.1, 0.15) is 16.8 Å². The van der Waals surface area contributed by atoms with Gasteiger partial charge < -0.3 is 19.9 Å². The second kappa shape index (κ2) is 8.74. The zero-order valence-electron chi connectivity index (χ0n) is 10.9. The third kappa shape index (κ3) is 5.46. The van der Waals surface area contributed by atoms with Crippen LogP contribution in [0, 0.1) is 0 Å². The average Bonchev–Trinajstić information content (AvgIpc) is 2.37. The molecule has 2 N–H and O–H groups in total. The maximum atomic E-state index is 11.8. The fourth-order valence-corrected chi connectivity index (χ4v) is 1.66. The van der Waals surface area contributed by atoms with Crippen molar-refractivity contribution in [2.75, 3.05) is 39.3 Å². The Kier molecular flexibility index (Phi) is 7.25. The summed E-state index contributed by atoms with van der Waals surface area (Å²) >= 11 is 5.90. The summed E-state index contributed by atoms with van der Waals surface area (Å²) in [6, 6.07) is 4.89. The summed E-state index contributed by atoms with van der Waals surface area (Å²) in [7, 11) is 1.61. The minimum atomic E-state index is -0.514. The van der Waals surface area contributed by atoms with Gasteiger partial charge in [-0.2, -0.15) is 0 Å². The Balaban J connectivity index is 2.28. The molecule has 0 heterocycles. The molecule has 0 bridgehead atoms. The lowest BCUT2D eigenvalue weighted by atomic mass is 10.2. The van der Waals surface area contributed by atoms with Crippen LogP contribution in [0.15, 0.2) is 18.2 Å². The standard InChI is InChI=1S/C13H18ClNO4/c1-17-8-9-18-6-3-7-19-13(16)12-10(14)4-2-5-11(12)15/h2,4-5H,3,6-9,15H2,1H3. The van der Waals surface area contributed by atoms with E-state index in [0.29, 0.717) is 37.0 Å². The van der Waals surface area contributed by atoms with Gasteiger partial charge in [-0.05, 0) is 12.1 Å². The number of esters is 1. The first-order valence-electron chi connectivity index (χ1n) is 5.94. The normalized spacial score (nSPS) is 10.4. The molecule has 0 unspecified atom stereocenters. The molecule has 19 heavy (non-hydrogen) atoms. The number of ether oxygens (including phenoxy) is 3. The number of carbonyl (C=O) groups excluding carboxylic acids is 1. The Bertz CT molecular complexity index is 391. The summed E-state index contributed by atoms with van der Waals surface area (Å²) in [6.07, 6.45) is 0.611. The molecule has 5 nitrogen and oxygen atoms in total. The molecule has 0 saturated heterocycles. The Labute approximate surface area is 117 Å². The number of nitrogens with two attached hydrogens (primary N) is 1. The smallest absolute Gasteiger partial charge is 0.341 e. The molecular formula is C13H18ClNO4. The fraction of sp³-hybridized carbons (Fsp3) is 0.462. The first kappa shape index (κ1) is 15.8. The third-order valence-electron chi connectivity index (χ3n) is 2.35. The van der Waals surface area contributed by atoms with Crippen molar-refractivity contribution in [1.82, 2.24) is 0 Å². The molecule has 6 heteroatoms. The zero-order valence-corrected chi connectivity index (χ0v) is 11.6. The number of benzene rings is 1. The van der Waals surface area contributed by atoms with Crippen LogP contribution in [0.25, 0.3) is 0 Å². The molecule has 0 aliphatic carbocycles. The van der Waals surface area contributed by atoms with Crippen LogP contribution < -0.4 is 5.73 Å². The van der Waals surface area contributed by atoms with E-state index in [0.717, 1.165) is 0 Å². The summed E-state index contributed by atoms with van der Waals surface area (Å²) in [4.78, 5) is 11.8. The SMILES string of the molecule is COCCOCCCOC(=O)c1c(N)cccc1Cl. The molecular weight excluding hydrogens is 270 g/mol. The number of nitrogen functional groups attached to an aromatic ring is 1. The van der Waals surface area contributed by atoms with Crippen LogP contribution >= 0.6 is 11.6 Å². The van der Waals surface area contributed by atoms with Gasteiger partial charge in [0.15, 0.2) is 0 Å². The number of hydrogen-bond acceptors (Lipinski definition) is 5. The highest BCUT2D eigenvalue weighted by atomic mass is 35.5. The van der Waals surface area contributed by atoms with E-state index in [4.69, 9.17) is 31.5 Å². The van der Waals surface area contributed by atoms with Gasteiger partial charge in [0, 0.05) is 25.8 Å². The number of hydrogen-bond donors (Lipinski definition) is 1. The highest BCUT2D eigenvalue weighted by Crippen LogP contribution is 2.22. The van der Waals surface area contributed by atoms with E-state index in [-0.39, 0.29) is 12.2 Å². The summed E-state index contributed by atoms with van der Waals surface area (Å²) < 4.78 is 15.2. The van der Waals surface area contributed by atoms with Crippen LogP contribution in [0.3, 0.4) is 0 Å². The largest absolute Gasteiger partial charge is 0.462 e. The molecule has 0 saturated carbocycles. The highest BCUT2D eigenvalue weighted by molar-refractivity contribution is 6.34. The number of carbonyl (C=O) groups is 1. The number of methoxy groups -OCH3 is 1. The van der Waals surface area contributed by atoms with Crippen LogP contribution in [-0.2, 0) is 14.2 Å². The van der Waals surface area contributed by atoms with Crippen molar-refractivity contribution in [2.45, 2.75) is 6.42 Å². The second-order valence-electron chi connectivity index (χ2n) is 3.80. The van der Waals surface area contributed by atoms with E-state index in [9.17, 15) is 4.79 Å². The van der Waals surface area contributed by atoms with Gasteiger partial charge in [0.1, 0.15) is 5.56 Å². The highest BCUT2D eigenvalue weighted by Gasteiger charge is 2.14. The van der Waals surface area contributed by atoms with Crippen molar-refractivity contribution in [3.63, 3.8) is 0 Å². The van der Waals surface area contributed by atoms with Gasteiger partial charge in [-0.25, -0.2) is 4.79 Å². The molecule has 0 radical (unpaired) electrons. The maximum Gasteiger partial charge on any atom is 0.341 e. The van der Waals surface area contributed by atoms with Crippen molar-refractivity contribution in [3.05, 3.63) is 28.8 Å². The molecule has 1 rings (SSSR count). The minimum absolute atomic E-state index is 0.212. The van der Waals surface area contributed by atoms with Crippen LogP contribution in [0.2, 0.25) is 5.02 Å². The summed E-state index contributed by atoms with van der Waals surface area (Å²) in [5.41, 5.74) is 6.21. The van der Waals surface area contributed by atoms with E-state index in [2.05, 4.69) is 0 Å². The number of anilines is 1. The molecule has 0 amide bonds. The van der Waals surface area contributed by atoms with Gasteiger partial charge in [-0.3, -0.25) is 0 Å². The predicted molar refractivity (Wildman–Crippen MR) is 73.5 cm³/mol. The molecule has 106 valence electrons. The third-order valence-corrected chi connectivity index (χ3v) is 2.66. The van der Waals surface area contributed by atoms with Gasteiger partial charge in [-0.15, -0.1) is 0 Å². The molecule has 0 atom stereocenters. The van der Waals surface area contributed by atoms with Gasteiger partial charge in [0.05, 0.1) is 24.8 Å². The molecule has 0 fully saturated rings. The first-order valence-corrected chi connectivity index (χ1v) is 6.32. The Hall–Kier alpha value is -1.30.